The second-order valence-electron chi connectivity index (χ2n) is 7.79. The van der Waals surface area contributed by atoms with Crippen LogP contribution in [0.4, 0.5) is 0 Å². The Morgan fingerprint density at radius 2 is 1.48 bits per heavy atom. The molecular formula is C19H35N5O6S. The quantitative estimate of drug-likeness (QED) is 0.157. The first-order chi connectivity index (χ1) is 14.3. The number of nitrogens with one attached hydrogen (secondary N) is 3. The van der Waals surface area contributed by atoms with Crippen LogP contribution >= 0.6 is 12.6 Å². The molecule has 12 heteroatoms. The van der Waals surface area contributed by atoms with Crippen molar-refractivity contribution in [3.63, 3.8) is 0 Å². The third-order valence-electron chi connectivity index (χ3n) is 4.92. The second-order valence-corrected chi connectivity index (χ2v) is 8.15. The lowest BCUT2D eigenvalue weighted by atomic mass is 9.98. The standard InChI is InChI=1S/C19H35N5O6S/c1-5-10(4)14(21)17(27)22-11(6-7-13(20)25)16(26)24-15(9(2)3)18(28)23-12(8-31)19(29)30/h9-12,14-15,31H,5-8,21H2,1-4H3,(H2,20,25)(H,22,27)(H,23,28)(H,24,26)(H,29,30). The fourth-order valence-corrected chi connectivity index (χ4v) is 2.82. The Balaban J connectivity index is 5.44. The molecule has 31 heavy (non-hydrogen) atoms. The van der Waals surface area contributed by atoms with Crippen LogP contribution in [0.1, 0.15) is 47.0 Å². The van der Waals surface area contributed by atoms with Gasteiger partial charge in [-0.05, 0) is 18.3 Å². The molecule has 0 saturated carbocycles. The van der Waals surface area contributed by atoms with E-state index in [0.717, 1.165) is 0 Å². The second kappa shape index (κ2) is 13.9. The summed E-state index contributed by atoms with van der Waals surface area (Å²) in [5, 5.41) is 16.4. The number of rotatable bonds is 14. The number of hydrogen-bond acceptors (Lipinski definition) is 7. The molecule has 0 aromatic carbocycles. The molecular weight excluding hydrogens is 426 g/mol. The number of thiol groups is 1. The first-order valence-electron chi connectivity index (χ1n) is 10.1. The minimum Gasteiger partial charge on any atom is -0.480 e. The molecule has 4 amide bonds. The van der Waals surface area contributed by atoms with E-state index in [2.05, 4.69) is 28.6 Å². The molecule has 0 saturated heterocycles. The Hall–Kier alpha value is -2.34. The van der Waals surface area contributed by atoms with Gasteiger partial charge in [0.1, 0.15) is 18.1 Å². The first-order valence-corrected chi connectivity index (χ1v) is 10.8. The minimum absolute atomic E-state index is 0.0824. The number of carbonyl (C=O) groups is 5. The van der Waals surface area contributed by atoms with Crippen LogP contribution in [-0.2, 0) is 24.0 Å². The van der Waals surface area contributed by atoms with Crippen molar-refractivity contribution >= 4 is 42.2 Å². The van der Waals surface area contributed by atoms with Crippen molar-refractivity contribution in [2.45, 2.75) is 71.1 Å². The summed E-state index contributed by atoms with van der Waals surface area (Å²) < 4.78 is 0. The molecule has 0 fully saturated rings. The number of carboxylic acid groups (broad SMARTS) is 1. The Labute approximate surface area is 187 Å². The maximum Gasteiger partial charge on any atom is 0.327 e. The molecule has 0 heterocycles. The van der Waals surface area contributed by atoms with E-state index < -0.39 is 59.7 Å². The summed E-state index contributed by atoms with van der Waals surface area (Å²) in [5.74, 6) is -4.57. The van der Waals surface area contributed by atoms with Crippen LogP contribution < -0.4 is 27.4 Å². The van der Waals surface area contributed by atoms with Gasteiger partial charge in [-0.2, -0.15) is 12.6 Å². The van der Waals surface area contributed by atoms with Gasteiger partial charge < -0.3 is 32.5 Å². The lowest BCUT2D eigenvalue weighted by molar-refractivity contribution is -0.142. The van der Waals surface area contributed by atoms with Crippen molar-refractivity contribution in [3.05, 3.63) is 0 Å². The van der Waals surface area contributed by atoms with Crippen LogP contribution in [-0.4, -0.2) is 64.6 Å². The Kier molecular flexibility index (Phi) is 12.8. The van der Waals surface area contributed by atoms with Crippen molar-refractivity contribution in [3.8, 4) is 0 Å². The fourth-order valence-electron chi connectivity index (χ4n) is 2.57. The molecule has 0 aromatic rings. The van der Waals surface area contributed by atoms with E-state index in [1.807, 2.05) is 6.92 Å². The maximum absolute atomic E-state index is 12.8. The maximum atomic E-state index is 12.8. The van der Waals surface area contributed by atoms with Crippen LogP contribution in [0, 0.1) is 11.8 Å². The van der Waals surface area contributed by atoms with Crippen molar-refractivity contribution < 1.29 is 29.1 Å². The average Bonchev–Trinajstić information content (AvgIpc) is 2.70. The van der Waals surface area contributed by atoms with E-state index in [9.17, 15) is 24.0 Å². The summed E-state index contributed by atoms with van der Waals surface area (Å²) in [4.78, 5) is 60.1. The highest BCUT2D eigenvalue weighted by atomic mass is 32.1. The highest BCUT2D eigenvalue weighted by Crippen LogP contribution is 2.08. The van der Waals surface area contributed by atoms with E-state index in [0.29, 0.717) is 6.42 Å². The molecule has 178 valence electrons. The molecule has 11 nitrogen and oxygen atoms in total. The molecule has 0 rings (SSSR count). The molecule has 0 aliphatic rings. The van der Waals surface area contributed by atoms with Crippen molar-refractivity contribution in [2.24, 2.45) is 23.3 Å². The normalized spacial score (nSPS) is 15.8. The molecule has 0 bridgehead atoms. The van der Waals surface area contributed by atoms with Gasteiger partial charge in [-0.25, -0.2) is 4.79 Å². The van der Waals surface area contributed by atoms with Gasteiger partial charge in [-0.1, -0.05) is 34.1 Å². The highest BCUT2D eigenvalue weighted by molar-refractivity contribution is 7.80. The predicted octanol–water partition coefficient (Wildman–Crippen LogP) is -1.25. The monoisotopic (exact) mass is 461 g/mol. The number of primary amides is 1. The molecule has 5 unspecified atom stereocenters. The van der Waals surface area contributed by atoms with Gasteiger partial charge in [0.15, 0.2) is 0 Å². The van der Waals surface area contributed by atoms with Gasteiger partial charge in [0.2, 0.25) is 23.6 Å². The molecule has 0 aromatic heterocycles. The van der Waals surface area contributed by atoms with Crippen molar-refractivity contribution in [2.75, 3.05) is 5.75 Å². The zero-order valence-electron chi connectivity index (χ0n) is 18.4. The van der Waals surface area contributed by atoms with E-state index in [-0.39, 0.29) is 24.5 Å². The number of amides is 4. The third kappa shape index (κ3) is 10.0. The topological polar surface area (TPSA) is 194 Å². The van der Waals surface area contributed by atoms with E-state index in [1.54, 1.807) is 20.8 Å². The van der Waals surface area contributed by atoms with E-state index in [4.69, 9.17) is 16.6 Å². The van der Waals surface area contributed by atoms with Crippen LogP contribution in [0.15, 0.2) is 0 Å². The number of aliphatic carboxylic acids is 1. The molecule has 0 radical (unpaired) electrons. The first kappa shape index (κ1) is 28.7. The molecule has 0 spiro atoms. The SMILES string of the molecule is CCC(C)C(N)C(=O)NC(CCC(N)=O)C(=O)NC(C(=O)NC(CS)C(=O)O)C(C)C. The van der Waals surface area contributed by atoms with Gasteiger partial charge in [-0.3, -0.25) is 19.2 Å². The van der Waals surface area contributed by atoms with Gasteiger partial charge in [0.25, 0.3) is 0 Å². The van der Waals surface area contributed by atoms with Crippen molar-refractivity contribution in [1.82, 2.24) is 16.0 Å². The fraction of sp³-hybridized carbons (Fsp3) is 0.737. The largest absolute Gasteiger partial charge is 0.480 e. The summed E-state index contributed by atoms with van der Waals surface area (Å²) >= 11 is 3.89. The number of carbonyl (C=O) groups excluding carboxylic acids is 4. The van der Waals surface area contributed by atoms with Crippen LogP contribution in [0.2, 0.25) is 0 Å². The van der Waals surface area contributed by atoms with Crippen LogP contribution in [0.3, 0.4) is 0 Å². The van der Waals surface area contributed by atoms with Crippen LogP contribution in [0.5, 0.6) is 0 Å². The summed E-state index contributed by atoms with van der Waals surface area (Å²) in [5.41, 5.74) is 11.1. The minimum atomic E-state index is -1.26. The number of hydrogen-bond donors (Lipinski definition) is 7. The van der Waals surface area contributed by atoms with Gasteiger partial charge >= 0.3 is 5.97 Å². The number of nitrogens with two attached hydrogens (primary N) is 2. The summed E-state index contributed by atoms with van der Waals surface area (Å²) in [6.45, 7) is 6.99. The third-order valence-corrected chi connectivity index (χ3v) is 5.28. The van der Waals surface area contributed by atoms with Gasteiger partial charge in [0.05, 0.1) is 6.04 Å². The molecule has 5 atom stereocenters. The molecule has 8 N–H and O–H groups in total. The lowest BCUT2D eigenvalue weighted by Crippen LogP contribution is -2.59. The van der Waals surface area contributed by atoms with Gasteiger partial charge in [-0.15, -0.1) is 0 Å². The van der Waals surface area contributed by atoms with E-state index >= 15 is 0 Å². The average molecular weight is 462 g/mol. The molecule has 0 aliphatic heterocycles. The lowest BCUT2D eigenvalue weighted by Gasteiger charge is -2.27. The Morgan fingerprint density at radius 1 is 0.935 bits per heavy atom. The number of carboxylic acids is 1. The Bertz CT molecular complexity index is 660. The van der Waals surface area contributed by atoms with Crippen LogP contribution in [0.25, 0.3) is 0 Å². The van der Waals surface area contributed by atoms with Gasteiger partial charge in [0, 0.05) is 12.2 Å². The van der Waals surface area contributed by atoms with E-state index in [1.165, 1.54) is 0 Å². The molecule has 0 aliphatic carbocycles. The highest BCUT2D eigenvalue weighted by Gasteiger charge is 2.32. The summed E-state index contributed by atoms with van der Waals surface area (Å²) in [6.07, 6.45) is 0.398. The smallest absolute Gasteiger partial charge is 0.327 e. The Morgan fingerprint density at radius 3 is 1.90 bits per heavy atom. The summed E-state index contributed by atoms with van der Waals surface area (Å²) in [6, 6.07) is -4.31. The summed E-state index contributed by atoms with van der Waals surface area (Å²) in [7, 11) is 0. The predicted molar refractivity (Wildman–Crippen MR) is 118 cm³/mol. The van der Waals surface area contributed by atoms with Crippen molar-refractivity contribution in [1.29, 1.82) is 0 Å². The zero-order valence-corrected chi connectivity index (χ0v) is 19.3. The zero-order chi connectivity index (χ0) is 24.3.